The first kappa shape index (κ1) is 88.9. The van der Waals surface area contributed by atoms with E-state index in [4.69, 9.17) is 61.1 Å². The number of amides is 7. The summed E-state index contributed by atoms with van der Waals surface area (Å²) in [6.45, 7) is 1.13. The number of carboxylic acid groups (broad SMARTS) is 1. The number of ether oxygens (including phenoxy) is 8. The minimum Gasteiger partial charge on any atom is -0.508 e. The summed E-state index contributed by atoms with van der Waals surface area (Å²) >= 11 is 14.2. The summed E-state index contributed by atoms with van der Waals surface area (Å²) in [5.41, 5.74) is -3.19. The highest BCUT2D eigenvalue weighted by Gasteiger charge is 2.52. The topological polar surface area (TPSA) is 566 Å². The Balaban J connectivity index is 1.04. The fraction of sp³-hybridized carbons (Fsp3) is 0.393. The first-order valence-electron chi connectivity index (χ1n) is 39.4. The molecule has 0 radical (unpaired) electrons. The van der Waals surface area contributed by atoms with Crippen LogP contribution in [0.5, 0.6) is 69.0 Å². The van der Waals surface area contributed by atoms with Gasteiger partial charge in [-0.2, -0.15) is 0 Å². The first-order chi connectivity index (χ1) is 58.8. The molecule has 15 rings (SSSR count). The van der Waals surface area contributed by atoms with Gasteiger partial charge in [0, 0.05) is 47.2 Å². The zero-order valence-corrected chi connectivity index (χ0v) is 67.4. The fourth-order valence-electron chi connectivity index (χ4n) is 15.3. The van der Waals surface area contributed by atoms with Gasteiger partial charge in [-0.3, -0.25) is 33.6 Å². The van der Waals surface area contributed by atoms with Gasteiger partial charge >= 0.3 is 11.9 Å². The van der Waals surface area contributed by atoms with Crippen molar-refractivity contribution in [3.63, 3.8) is 0 Å². The number of carbonyl (C=O) groups excluding carboxylic acids is 8. The number of fused-ring (bicyclic) bond motifs is 14. The number of phenolic OH excluding ortho intramolecular Hbond substituents is 4. The largest absolute Gasteiger partial charge is 0.508 e. The molecular formula is C84H90Cl2N8O29. The van der Waals surface area contributed by atoms with E-state index in [1.807, 2.05) is 0 Å². The number of methoxy groups -OCH3 is 1. The minimum absolute atomic E-state index is 0.123. The Kier molecular flexibility index (Phi) is 27.7. The number of carbonyl (C=O) groups is 9. The molecule has 0 aliphatic carbocycles. The molecule has 8 aliphatic rings. The van der Waals surface area contributed by atoms with Crippen LogP contribution in [-0.2, 0) is 63.8 Å². The maximum Gasteiger partial charge on any atom is 0.337 e. The van der Waals surface area contributed by atoms with Crippen molar-refractivity contribution in [2.75, 3.05) is 20.8 Å². The van der Waals surface area contributed by atoms with E-state index >= 15 is 24.0 Å². The van der Waals surface area contributed by atoms with Crippen molar-refractivity contribution in [1.82, 2.24) is 42.5 Å². The second-order valence-electron chi connectivity index (χ2n) is 30.3. The SMILES string of the molecule is CCCCCCCCCCCC(=O)N[C@H]1[C@H](Oc2c3cc4cc2Oc2ccc(cc2Cl)[C@@H](O)[C@@H]2NC(=O)[C@H](NC(=O)[C@@H]4NC(=O)[C@H]4NC(=O)[C@@H](Cc5ccc(cc5)O3)NC(=O)[C@H](NC)c3ccc(O)c(c3)Oc3cc(O)c(Cl)c4c3)c3ccc(O)c(c3)-c3c(O[C@H]4O[C@H](CO)[C@@H](O)[C@H](O)[C@@H]4O)cc(O)cc3[C@H](C(=O)O)NC2=O)O[C@H](C(=O)OC)[C@@H](O)[C@@H]1O. The molecule has 17 bridgehead atoms. The van der Waals surface area contributed by atoms with Crippen LogP contribution in [0.2, 0.25) is 10.0 Å². The number of phenols is 4. The highest BCUT2D eigenvalue weighted by atomic mass is 35.5. The number of rotatable bonds is 19. The lowest BCUT2D eigenvalue weighted by molar-refractivity contribution is -0.277. The molecule has 123 heavy (non-hydrogen) atoms. The molecule has 2 saturated heterocycles. The van der Waals surface area contributed by atoms with Crippen molar-refractivity contribution in [2.45, 2.75) is 187 Å². The summed E-state index contributed by atoms with van der Waals surface area (Å²) in [4.78, 5) is 136. The third-order valence-corrected chi connectivity index (χ3v) is 22.6. The van der Waals surface area contributed by atoms with Crippen molar-refractivity contribution in [3.05, 3.63) is 164 Å². The van der Waals surface area contributed by atoms with E-state index in [-0.39, 0.29) is 34.8 Å². The monoisotopic (exact) mass is 1740 g/mol. The number of hydrogen-bond acceptors (Lipinski definition) is 29. The van der Waals surface area contributed by atoms with Gasteiger partial charge in [0.25, 0.3) is 0 Å². The van der Waals surface area contributed by atoms with Crippen LogP contribution < -0.4 is 66.2 Å². The number of aliphatic hydroxyl groups excluding tert-OH is 7. The van der Waals surface area contributed by atoms with Crippen molar-refractivity contribution >= 4 is 76.5 Å². The van der Waals surface area contributed by atoms with Crippen molar-refractivity contribution in [3.8, 4) is 80.1 Å². The van der Waals surface area contributed by atoms with Crippen LogP contribution in [-0.4, -0.2) is 209 Å². The van der Waals surface area contributed by atoms with Gasteiger partial charge in [0.1, 0.15) is 125 Å². The van der Waals surface area contributed by atoms with Crippen molar-refractivity contribution in [1.29, 1.82) is 0 Å². The van der Waals surface area contributed by atoms with Gasteiger partial charge in [-0.15, -0.1) is 0 Å². The van der Waals surface area contributed by atoms with E-state index in [1.54, 1.807) is 0 Å². The number of hydrogen-bond donors (Lipinski definition) is 20. The summed E-state index contributed by atoms with van der Waals surface area (Å²) in [5.74, 6) is -18.6. The molecule has 0 spiro atoms. The Labute approximate surface area is 710 Å². The van der Waals surface area contributed by atoms with Crippen LogP contribution in [0, 0.1) is 0 Å². The normalized spacial score (nSPS) is 26.3. The summed E-state index contributed by atoms with van der Waals surface area (Å²) in [6, 6.07) is 4.82. The van der Waals surface area contributed by atoms with E-state index < -0.39 is 271 Å². The summed E-state index contributed by atoms with van der Waals surface area (Å²) in [6.07, 6.45) is -13.4. The smallest absolute Gasteiger partial charge is 0.337 e. The minimum atomic E-state index is -2.45. The molecule has 7 aromatic rings. The molecule has 654 valence electrons. The molecular weight excluding hydrogens is 1660 g/mol. The molecule has 0 saturated carbocycles. The maximum absolute atomic E-state index is 16.7. The molecule has 7 aromatic carbocycles. The Bertz CT molecular complexity index is 5200. The number of benzene rings is 7. The van der Waals surface area contributed by atoms with Gasteiger partial charge in [-0.05, 0) is 114 Å². The lowest BCUT2D eigenvalue weighted by atomic mass is 9.89. The average molecular weight is 1750 g/mol. The van der Waals surface area contributed by atoms with E-state index in [0.717, 1.165) is 125 Å². The van der Waals surface area contributed by atoms with E-state index in [9.17, 15) is 80.5 Å². The summed E-state index contributed by atoms with van der Waals surface area (Å²) in [5, 5.41) is 157. The molecule has 0 aromatic heterocycles. The lowest BCUT2D eigenvalue weighted by Crippen LogP contribution is -2.66. The average Bonchev–Trinajstić information content (AvgIpc) is 0.759. The van der Waals surface area contributed by atoms with Gasteiger partial charge in [-0.25, -0.2) is 9.59 Å². The number of aromatic hydroxyl groups is 4. The Morgan fingerprint density at radius 1 is 0.537 bits per heavy atom. The van der Waals surface area contributed by atoms with Gasteiger partial charge in [0.15, 0.2) is 35.1 Å². The predicted molar refractivity (Wildman–Crippen MR) is 428 cm³/mol. The van der Waals surface area contributed by atoms with Gasteiger partial charge in [-0.1, -0.05) is 112 Å². The van der Waals surface area contributed by atoms with E-state index in [2.05, 4.69) is 49.5 Å². The Morgan fingerprint density at radius 3 is 1.85 bits per heavy atom. The number of likely N-dealkylation sites (N-methyl/N-ethyl adjacent to an activating group) is 1. The number of esters is 1. The molecule has 7 amide bonds. The molecule has 20 N–H and O–H groups in total. The third-order valence-electron chi connectivity index (χ3n) is 21.9. The predicted octanol–water partition coefficient (Wildman–Crippen LogP) is 4.42. The number of carboxylic acids is 1. The van der Waals surface area contributed by atoms with Crippen LogP contribution in [0.25, 0.3) is 11.1 Å². The molecule has 8 aliphatic heterocycles. The van der Waals surface area contributed by atoms with Crippen LogP contribution in [0.1, 0.15) is 146 Å². The summed E-state index contributed by atoms with van der Waals surface area (Å²) in [7, 11) is 2.38. The van der Waals surface area contributed by atoms with E-state index in [1.165, 1.54) is 49.5 Å². The Morgan fingerprint density at radius 2 is 1.17 bits per heavy atom. The molecule has 37 nitrogen and oxygen atoms in total. The van der Waals surface area contributed by atoms with Crippen LogP contribution in [0.15, 0.2) is 115 Å². The number of nitrogens with one attached hydrogen (secondary N) is 8. The van der Waals surface area contributed by atoms with Crippen LogP contribution >= 0.6 is 23.2 Å². The molecule has 18 atom stereocenters. The van der Waals surface area contributed by atoms with Crippen LogP contribution in [0.4, 0.5) is 0 Å². The van der Waals surface area contributed by atoms with Gasteiger partial charge in [0.2, 0.25) is 59.7 Å². The molecule has 8 heterocycles. The fourth-order valence-corrected chi connectivity index (χ4v) is 15.8. The number of halogens is 2. The third kappa shape index (κ3) is 19.3. The first-order valence-corrected chi connectivity index (χ1v) is 40.2. The lowest BCUT2D eigenvalue weighted by Gasteiger charge is -2.41. The zero-order valence-electron chi connectivity index (χ0n) is 65.9. The highest BCUT2D eigenvalue weighted by molar-refractivity contribution is 6.33. The van der Waals surface area contributed by atoms with Gasteiger partial charge < -0.3 is 142 Å². The van der Waals surface area contributed by atoms with Crippen LogP contribution in [0.3, 0.4) is 0 Å². The highest BCUT2D eigenvalue weighted by Crippen LogP contribution is 2.50. The number of aliphatic carboxylic acids is 1. The van der Waals surface area contributed by atoms with Gasteiger partial charge in [0.05, 0.1) is 23.8 Å². The van der Waals surface area contributed by atoms with Crippen molar-refractivity contribution < 1.29 is 142 Å². The Hall–Kier alpha value is -11.8. The maximum atomic E-state index is 16.7. The van der Waals surface area contributed by atoms with Crippen molar-refractivity contribution in [2.24, 2.45) is 0 Å². The second-order valence-corrected chi connectivity index (χ2v) is 31.1. The zero-order chi connectivity index (χ0) is 88.1. The second kappa shape index (κ2) is 38.3. The molecule has 2 fully saturated rings. The quantitative estimate of drug-likeness (QED) is 0.0393. The standard InChI is InChI=1S/C84H90Cl2N8O29/c1-4-5-6-7-8-9-10-11-12-13-57(100)89-66-69(103)71(105)74(82(115)116-3)123-83(66)122-73-54-28-39-29-55(73)119-51-23-18-38(26-46(51)85)67(101)65-80(112)93-64(81(113)114)44-30-40(96)31-53(120-84-72(106)70(104)68(102)56(34-95)121-84)58(44)43-25-36(16-21-48(43)97)61(77(109)94-65)90-78(110)62(39)91-79(111)63-45-32-42(33-50(99)59(45)86)118-52-27-37(17-22-49(52)98)60(87-2)76(108)88-47(75(107)92-63)24-35-14-19-41(117-54)20-15-35/h14-23,25-33,47,56,60-72,74,83-84,87,95-99,101-106H,4-13,24,34H2,1-3H3,(H,88,108)(H,89,100)(H,90,110)(H,91,111)(H,92,107)(H,93,112)(H,94,109)(H,113,114)/t47-,56-,60-,61-,62-,63+,64-,65+,66-,67-,68-,69-,70+,71+,72+,74+,83-,84+/m1/s1. The van der Waals surface area contributed by atoms with E-state index in [0.29, 0.717) is 18.4 Å². The number of unbranched alkanes of at least 4 members (excludes halogenated alkanes) is 8. The number of aliphatic hydroxyl groups is 7. The molecule has 39 heteroatoms. The summed E-state index contributed by atoms with van der Waals surface area (Å²) < 4.78 is 49.4. The molecule has 0 unspecified atom stereocenters.